The molecule has 0 spiro atoms. The van der Waals surface area contributed by atoms with Crippen molar-refractivity contribution in [2.45, 2.75) is 26.7 Å². The second-order valence-electron chi connectivity index (χ2n) is 8.98. The van der Waals surface area contributed by atoms with Gasteiger partial charge in [-0.1, -0.05) is 83.0 Å². The molecule has 0 unspecified atom stereocenters. The zero-order valence-corrected chi connectivity index (χ0v) is 24.5. The first-order valence-corrected chi connectivity index (χ1v) is 14.7. The summed E-state index contributed by atoms with van der Waals surface area (Å²) in [6.45, 7) is 4.11. The summed E-state index contributed by atoms with van der Waals surface area (Å²) in [5.41, 5.74) is 5.44. The summed E-state index contributed by atoms with van der Waals surface area (Å²) in [4.78, 5) is 28.6. The smallest absolute Gasteiger partial charge is 0.341 e. The number of anilines is 1. The number of carbonyl (C=O) groups is 2. The summed E-state index contributed by atoms with van der Waals surface area (Å²) in [6, 6.07) is 24.3. The first-order chi connectivity index (χ1) is 18.4. The Morgan fingerprint density at radius 2 is 1.66 bits per heavy atom. The van der Waals surface area contributed by atoms with Gasteiger partial charge >= 0.3 is 5.97 Å². The Labute approximate surface area is 238 Å². The molecule has 2 heterocycles. The number of ether oxygens (including phenoxy) is 1. The first kappa shape index (κ1) is 26.4. The van der Waals surface area contributed by atoms with Gasteiger partial charge in [-0.25, -0.2) is 4.79 Å². The van der Waals surface area contributed by atoms with Crippen molar-refractivity contribution >= 4 is 65.6 Å². The minimum atomic E-state index is -0.467. The standard InChI is InChI=1S/C31H26BrNO3S2/c1-4-24-26(20-13-15-21(32)16-14-20)27(31(35)36-3)30(38-24)33-29(34)28-23(17-19-11-9-18(2)10-12-19)22-7-5-6-8-25(22)37-28/h5-16H,4,17H2,1-3H3,(H,33,34). The van der Waals surface area contributed by atoms with E-state index in [2.05, 4.69) is 58.5 Å². The van der Waals surface area contributed by atoms with Crippen LogP contribution in [0.5, 0.6) is 0 Å². The van der Waals surface area contributed by atoms with Gasteiger partial charge in [0.1, 0.15) is 10.6 Å². The summed E-state index contributed by atoms with van der Waals surface area (Å²) in [5.74, 6) is -0.685. The average Bonchev–Trinajstić information content (AvgIpc) is 3.48. The summed E-state index contributed by atoms with van der Waals surface area (Å²) >= 11 is 6.39. The molecular formula is C31H26BrNO3S2. The van der Waals surface area contributed by atoms with E-state index in [9.17, 15) is 9.59 Å². The molecule has 5 rings (SSSR count). The van der Waals surface area contributed by atoms with Crippen LogP contribution in [0.15, 0.2) is 77.3 Å². The van der Waals surface area contributed by atoms with Crippen LogP contribution < -0.4 is 5.32 Å². The van der Waals surface area contributed by atoms with E-state index in [4.69, 9.17) is 4.74 Å². The summed E-state index contributed by atoms with van der Waals surface area (Å²) in [5, 5.41) is 4.68. The van der Waals surface area contributed by atoms with Crippen LogP contribution in [0.2, 0.25) is 0 Å². The Kier molecular flexibility index (Phi) is 7.79. The highest BCUT2D eigenvalue weighted by Gasteiger charge is 2.27. The van der Waals surface area contributed by atoms with Crippen LogP contribution >= 0.6 is 38.6 Å². The van der Waals surface area contributed by atoms with Crippen molar-refractivity contribution in [3.05, 3.63) is 109 Å². The van der Waals surface area contributed by atoms with Crippen molar-refractivity contribution in [3.8, 4) is 11.1 Å². The van der Waals surface area contributed by atoms with Crippen LogP contribution in [0.1, 0.15) is 48.5 Å². The second-order valence-corrected chi connectivity index (χ2v) is 12.1. The second kappa shape index (κ2) is 11.2. The van der Waals surface area contributed by atoms with E-state index in [1.54, 1.807) is 0 Å². The number of fused-ring (bicyclic) bond motifs is 1. The largest absolute Gasteiger partial charge is 0.465 e. The molecule has 5 aromatic rings. The number of aryl methyl sites for hydroxylation is 2. The molecule has 0 aliphatic carbocycles. The van der Waals surface area contributed by atoms with Crippen molar-refractivity contribution in [3.63, 3.8) is 0 Å². The zero-order valence-electron chi connectivity index (χ0n) is 21.3. The number of rotatable bonds is 7. The van der Waals surface area contributed by atoms with Crippen LogP contribution in [0.25, 0.3) is 21.2 Å². The van der Waals surface area contributed by atoms with E-state index in [0.29, 0.717) is 21.9 Å². The molecular weight excluding hydrogens is 578 g/mol. The molecule has 0 saturated heterocycles. The third kappa shape index (κ3) is 5.19. The van der Waals surface area contributed by atoms with Crippen molar-refractivity contribution in [1.82, 2.24) is 0 Å². The number of hydrogen-bond donors (Lipinski definition) is 1. The molecule has 0 atom stereocenters. The van der Waals surface area contributed by atoms with Crippen molar-refractivity contribution in [1.29, 1.82) is 0 Å². The molecule has 1 amide bonds. The topological polar surface area (TPSA) is 55.4 Å². The molecule has 0 radical (unpaired) electrons. The van der Waals surface area contributed by atoms with Crippen LogP contribution in [-0.2, 0) is 17.6 Å². The van der Waals surface area contributed by atoms with E-state index >= 15 is 0 Å². The molecule has 0 aliphatic heterocycles. The summed E-state index contributed by atoms with van der Waals surface area (Å²) in [6.07, 6.45) is 1.36. The fourth-order valence-electron chi connectivity index (χ4n) is 4.56. The van der Waals surface area contributed by atoms with Crippen LogP contribution in [-0.4, -0.2) is 19.0 Å². The van der Waals surface area contributed by atoms with Crippen molar-refractivity contribution in [2.75, 3.05) is 12.4 Å². The van der Waals surface area contributed by atoms with Crippen molar-refractivity contribution in [2.24, 2.45) is 0 Å². The van der Waals surface area contributed by atoms with Gasteiger partial charge in [0.05, 0.1) is 12.0 Å². The Hall–Kier alpha value is -3.26. The van der Waals surface area contributed by atoms with Gasteiger partial charge in [-0.15, -0.1) is 22.7 Å². The van der Waals surface area contributed by atoms with Gasteiger partial charge in [0.15, 0.2) is 0 Å². The van der Waals surface area contributed by atoms with E-state index in [1.807, 2.05) is 49.4 Å². The lowest BCUT2D eigenvalue weighted by atomic mass is 10.00. The van der Waals surface area contributed by atoms with E-state index in [-0.39, 0.29) is 5.91 Å². The molecule has 2 aromatic heterocycles. The van der Waals surface area contributed by atoms with Crippen molar-refractivity contribution < 1.29 is 14.3 Å². The van der Waals surface area contributed by atoms with Gasteiger partial charge < -0.3 is 10.1 Å². The zero-order chi connectivity index (χ0) is 26.8. The van der Waals surface area contributed by atoms with Gasteiger partial charge in [0, 0.05) is 19.6 Å². The highest BCUT2D eigenvalue weighted by molar-refractivity contribution is 9.10. The highest BCUT2D eigenvalue weighted by Crippen LogP contribution is 2.42. The fraction of sp³-hybridized carbons (Fsp3) is 0.161. The Morgan fingerprint density at radius 3 is 2.34 bits per heavy atom. The van der Waals surface area contributed by atoms with E-state index in [0.717, 1.165) is 48.1 Å². The minimum absolute atomic E-state index is 0.218. The van der Waals surface area contributed by atoms with Gasteiger partial charge in [-0.05, 0) is 60.0 Å². The SMILES string of the molecule is CCc1sc(NC(=O)c2sc3ccccc3c2Cc2ccc(C)cc2)c(C(=O)OC)c1-c1ccc(Br)cc1. The number of hydrogen-bond acceptors (Lipinski definition) is 5. The highest BCUT2D eigenvalue weighted by atomic mass is 79.9. The molecule has 0 bridgehead atoms. The Morgan fingerprint density at radius 1 is 0.947 bits per heavy atom. The predicted molar refractivity (Wildman–Crippen MR) is 162 cm³/mol. The molecule has 3 aromatic carbocycles. The minimum Gasteiger partial charge on any atom is -0.465 e. The van der Waals surface area contributed by atoms with Crippen LogP contribution in [0.3, 0.4) is 0 Å². The number of halogens is 1. The fourth-order valence-corrected chi connectivity index (χ4v) is 7.09. The van der Waals surface area contributed by atoms with Gasteiger partial charge in [-0.2, -0.15) is 0 Å². The third-order valence-electron chi connectivity index (χ3n) is 6.46. The third-order valence-corrected chi connectivity index (χ3v) is 9.45. The maximum absolute atomic E-state index is 13.8. The van der Waals surface area contributed by atoms with Gasteiger partial charge in [0.2, 0.25) is 0 Å². The predicted octanol–water partition coefficient (Wildman–Crippen LogP) is 8.89. The molecule has 7 heteroatoms. The molecule has 0 aliphatic rings. The number of nitrogens with one attached hydrogen (secondary N) is 1. The molecule has 0 fully saturated rings. The number of carbonyl (C=O) groups excluding carboxylic acids is 2. The molecule has 192 valence electrons. The molecule has 0 saturated carbocycles. The summed E-state index contributed by atoms with van der Waals surface area (Å²) < 4.78 is 7.19. The summed E-state index contributed by atoms with van der Waals surface area (Å²) in [7, 11) is 1.37. The lowest BCUT2D eigenvalue weighted by Gasteiger charge is -2.09. The quantitative estimate of drug-likeness (QED) is 0.189. The molecule has 1 N–H and O–H groups in total. The molecule has 4 nitrogen and oxygen atoms in total. The van der Waals surface area contributed by atoms with Crippen LogP contribution in [0, 0.1) is 6.92 Å². The number of amides is 1. The Bertz CT molecular complexity index is 1630. The van der Waals surface area contributed by atoms with Gasteiger partial charge in [-0.3, -0.25) is 4.79 Å². The number of thiophene rings is 2. The van der Waals surface area contributed by atoms with E-state index in [1.165, 1.54) is 35.3 Å². The van der Waals surface area contributed by atoms with Gasteiger partial charge in [0.25, 0.3) is 5.91 Å². The van der Waals surface area contributed by atoms with E-state index < -0.39 is 5.97 Å². The number of esters is 1. The lowest BCUT2D eigenvalue weighted by molar-refractivity contribution is 0.0603. The normalized spacial score (nSPS) is 11.1. The number of methoxy groups -OCH3 is 1. The lowest BCUT2D eigenvalue weighted by Crippen LogP contribution is -2.14. The Balaban J connectivity index is 1.58. The number of benzene rings is 3. The first-order valence-electron chi connectivity index (χ1n) is 12.3. The maximum Gasteiger partial charge on any atom is 0.341 e. The maximum atomic E-state index is 13.8. The van der Waals surface area contributed by atoms with Crippen LogP contribution in [0.4, 0.5) is 5.00 Å². The molecule has 38 heavy (non-hydrogen) atoms. The average molecular weight is 605 g/mol. The monoisotopic (exact) mass is 603 g/mol.